The molecule has 1 heterocycles. The summed E-state index contributed by atoms with van der Waals surface area (Å²) in [4.78, 5) is 12.4. The predicted molar refractivity (Wildman–Crippen MR) is 126 cm³/mol. The van der Waals surface area contributed by atoms with Crippen LogP contribution in [-0.2, 0) is 0 Å². The highest BCUT2D eigenvalue weighted by molar-refractivity contribution is 5.94. The molecule has 0 saturated heterocycles. The Morgan fingerprint density at radius 2 is 1.48 bits per heavy atom. The van der Waals surface area contributed by atoms with Gasteiger partial charge in [-0.25, -0.2) is 5.43 Å². The van der Waals surface area contributed by atoms with Crippen LogP contribution in [0.4, 0.5) is 0 Å². The number of aromatic nitrogens is 2. The number of benzene rings is 3. The van der Waals surface area contributed by atoms with Gasteiger partial charge in [0.15, 0.2) is 0 Å². The number of amides is 1. The van der Waals surface area contributed by atoms with Gasteiger partial charge in [-0.05, 0) is 35.3 Å². The molecule has 152 valence electrons. The van der Waals surface area contributed by atoms with E-state index in [4.69, 9.17) is 0 Å². The zero-order chi connectivity index (χ0) is 21.5. The van der Waals surface area contributed by atoms with Crippen molar-refractivity contribution in [3.8, 4) is 22.4 Å². The number of hydrazone groups is 1. The van der Waals surface area contributed by atoms with E-state index in [0.717, 1.165) is 27.8 Å². The fourth-order valence-electron chi connectivity index (χ4n) is 3.15. The Morgan fingerprint density at radius 3 is 2.19 bits per heavy atom. The summed E-state index contributed by atoms with van der Waals surface area (Å²) in [7, 11) is 0. The number of carbonyl (C=O) groups is 1. The van der Waals surface area contributed by atoms with E-state index in [2.05, 4.69) is 32.9 Å². The number of rotatable bonds is 6. The van der Waals surface area contributed by atoms with Gasteiger partial charge >= 0.3 is 0 Å². The number of hydrogen-bond acceptors (Lipinski definition) is 3. The highest BCUT2D eigenvalue weighted by Crippen LogP contribution is 2.24. The summed E-state index contributed by atoms with van der Waals surface area (Å²) in [6.45, 7) is 1.93. The molecule has 4 aromatic rings. The second kappa shape index (κ2) is 9.50. The molecule has 31 heavy (non-hydrogen) atoms. The van der Waals surface area contributed by atoms with Gasteiger partial charge in [-0.1, -0.05) is 91.0 Å². The fraction of sp³-hybridized carbons (Fsp3) is 0.0385. The molecule has 3 aromatic carbocycles. The maximum absolute atomic E-state index is 12.4. The topological polar surface area (TPSA) is 70.1 Å². The molecule has 0 aliphatic rings. The van der Waals surface area contributed by atoms with Gasteiger partial charge < -0.3 is 0 Å². The van der Waals surface area contributed by atoms with Crippen LogP contribution in [0.25, 0.3) is 28.5 Å². The minimum absolute atomic E-state index is 0.344. The molecule has 0 spiro atoms. The summed E-state index contributed by atoms with van der Waals surface area (Å²) in [5.41, 5.74) is 8.81. The van der Waals surface area contributed by atoms with Gasteiger partial charge in [0, 0.05) is 5.56 Å². The van der Waals surface area contributed by atoms with E-state index in [1.165, 1.54) is 0 Å². The van der Waals surface area contributed by atoms with Crippen molar-refractivity contribution in [2.24, 2.45) is 5.10 Å². The average Bonchev–Trinajstić information content (AvgIpc) is 3.31. The fourth-order valence-corrected chi connectivity index (χ4v) is 3.15. The Bertz CT molecular complexity index is 1210. The van der Waals surface area contributed by atoms with Crippen LogP contribution < -0.4 is 5.43 Å². The first-order chi connectivity index (χ1) is 15.2. The highest BCUT2D eigenvalue weighted by Gasteiger charge is 2.10. The molecular formula is C26H22N4O. The normalized spacial score (nSPS) is 11.6. The molecule has 5 heteroatoms. The van der Waals surface area contributed by atoms with Crippen LogP contribution in [-0.4, -0.2) is 22.3 Å². The molecule has 0 atom stereocenters. The zero-order valence-electron chi connectivity index (χ0n) is 17.1. The highest BCUT2D eigenvalue weighted by atomic mass is 16.2. The Hall–Kier alpha value is -4.25. The standard InChI is InChI=1S/C26H22N4O/c1-19(16-20-8-4-2-5-9-20)18-27-30-26(31)25-17-24(28-29-25)23-14-12-22(13-15-23)21-10-6-3-7-11-21/h2-18H,1H3,(H,28,29)(H,30,31)/b19-16+,27-18-. The van der Waals surface area contributed by atoms with E-state index in [-0.39, 0.29) is 5.91 Å². The molecule has 0 aliphatic heterocycles. The number of carbonyl (C=O) groups excluding carboxylic acids is 1. The third kappa shape index (κ3) is 5.22. The van der Waals surface area contributed by atoms with Crippen LogP contribution >= 0.6 is 0 Å². The Labute approximate surface area is 181 Å². The van der Waals surface area contributed by atoms with Crippen LogP contribution in [0.1, 0.15) is 23.0 Å². The van der Waals surface area contributed by atoms with Crippen molar-refractivity contribution in [3.05, 3.63) is 108 Å². The quantitative estimate of drug-likeness (QED) is 0.325. The molecule has 0 saturated carbocycles. The molecule has 1 aromatic heterocycles. The third-order valence-corrected chi connectivity index (χ3v) is 4.74. The lowest BCUT2D eigenvalue weighted by atomic mass is 10.0. The number of H-pyrrole nitrogens is 1. The summed E-state index contributed by atoms with van der Waals surface area (Å²) in [5.74, 6) is -0.344. The third-order valence-electron chi connectivity index (χ3n) is 4.74. The van der Waals surface area contributed by atoms with Crippen molar-refractivity contribution in [2.45, 2.75) is 6.92 Å². The van der Waals surface area contributed by atoms with Gasteiger partial charge in [0.05, 0.1) is 11.9 Å². The largest absolute Gasteiger partial charge is 0.289 e. The van der Waals surface area contributed by atoms with Crippen LogP contribution in [0.5, 0.6) is 0 Å². The van der Waals surface area contributed by atoms with Crippen LogP contribution in [0.2, 0.25) is 0 Å². The molecule has 0 aliphatic carbocycles. The summed E-state index contributed by atoms with van der Waals surface area (Å²) in [6.07, 6.45) is 3.60. The van der Waals surface area contributed by atoms with E-state index in [1.54, 1.807) is 12.3 Å². The van der Waals surface area contributed by atoms with Crippen molar-refractivity contribution in [1.82, 2.24) is 15.6 Å². The SMILES string of the molecule is CC(/C=N\NC(=O)c1cc(-c2ccc(-c3ccccc3)cc2)n[nH]1)=C\c1ccccc1. The molecule has 4 rings (SSSR count). The first kappa shape index (κ1) is 20.0. The lowest BCUT2D eigenvalue weighted by molar-refractivity contribution is 0.0950. The average molecular weight is 406 g/mol. The molecule has 0 bridgehead atoms. The summed E-state index contributed by atoms with van der Waals surface area (Å²) < 4.78 is 0. The minimum Gasteiger partial charge on any atom is -0.272 e. The van der Waals surface area contributed by atoms with Gasteiger partial charge in [-0.15, -0.1) is 0 Å². The summed E-state index contributed by atoms with van der Waals surface area (Å²) >= 11 is 0. The van der Waals surface area contributed by atoms with Gasteiger partial charge in [-0.2, -0.15) is 10.2 Å². The number of allylic oxidation sites excluding steroid dienone is 1. The number of aromatic amines is 1. The second-order valence-electron chi connectivity index (χ2n) is 7.11. The van der Waals surface area contributed by atoms with E-state index in [0.29, 0.717) is 11.4 Å². The van der Waals surface area contributed by atoms with Gasteiger partial charge in [0.2, 0.25) is 0 Å². The second-order valence-corrected chi connectivity index (χ2v) is 7.11. The van der Waals surface area contributed by atoms with E-state index < -0.39 is 0 Å². The van der Waals surface area contributed by atoms with E-state index >= 15 is 0 Å². The first-order valence-corrected chi connectivity index (χ1v) is 9.97. The summed E-state index contributed by atoms with van der Waals surface area (Å²) in [5, 5.41) is 11.1. The Morgan fingerprint density at radius 1 is 0.871 bits per heavy atom. The lowest BCUT2D eigenvalue weighted by Crippen LogP contribution is -2.17. The van der Waals surface area contributed by atoms with Crippen molar-refractivity contribution < 1.29 is 4.79 Å². The van der Waals surface area contributed by atoms with Crippen molar-refractivity contribution in [3.63, 3.8) is 0 Å². The molecule has 0 unspecified atom stereocenters. The lowest BCUT2D eigenvalue weighted by Gasteiger charge is -2.02. The van der Waals surface area contributed by atoms with Crippen molar-refractivity contribution >= 4 is 18.2 Å². The summed E-state index contributed by atoms with van der Waals surface area (Å²) in [6, 6.07) is 29.9. The maximum atomic E-state index is 12.4. The smallest absolute Gasteiger partial charge is 0.272 e. The maximum Gasteiger partial charge on any atom is 0.289 e. The predicted octanol–water partition coefficient (Wildman–Crippen LogP) is 5.56. The Kier molecular flexibility index (Phi) is 6.14. The van der Waals surface area contributed by atoms with Crippen LogP contribution in [0.15, 0.2) is 102 Å². The van der Waals surface area contributed by atoms with Gasteiger partial charge in [0.25, 0.3) is 5.91 Å². The molecular weight excluding hydrogens is 384 g/mol. The number of hydrogen-bond donors (Lipinski definition) is 2. The molecule has 0 radical (unpaired) electrons. The van der Waals surface area contributed by atoms with Crippen LogP contribution in [0, 0.1) is 0 Å². The zero-order valence-corrected chi connectivity index (χ0v) is 17.1. The van der Waals surface area contributed by atoms with E-state index in [9.17, 15) is 4.79 Å². The number of nitrogens with one attached hydrogen (secondary N) is 2. The van der Waals surface area contributed by atoms with Crippen molar-refractivity contribution in [2.75, 3.05) is 0 Å². The number of nitrogens with zero attached hydrogens (tertiary/aromatic N) is 2. The monoisotopic (exact) mass is 406 g/mol. The van der Waals surface area contributed by atoms with Crippen molar-refractivity contribution in [1.29, 1.82) is 0 Å². The molecule has 0 fully saturated rings. The minimum atomic E-state index is -0.344. The first-order valence-electron chi connectivity index (χ1n) is 9.97. The van der Waals surface area contributed by atoms with Gasteiger partial charge in [-0.3, -0.25) is 9.89 Å². The van der Waals surface area contributed by atoms with Gasteiger partial charge in [0.1, 0.15) is 5.69 Å². The van der Waals surface area contributed by atoms with Crippen LogP contribution in [0.3, 0.4) is 0 Å². The van der Waals surface area contributed by atoms with E-state index in [1.807, 2.05) is 85.8 Å². The molecule has 2 N–H and O–H groups in total. The molecule has 5 nitrogen and oxygen atoms in total. The molecule has 1 amide bonds. The Balaban J connectivity index is 1.39.